The van der Waals surface area contributed by atoms with Crippen LogP contribution in [0.3, 0.4) is 0 Å². The lowest BCUT2D eigenvalue weighted by atomic mass is 9.92. The molecule has 31 heavy (non-hydrogen) atoms. The Hall–Kier alpha value is -3.04. The summed E-state index contributed by atoms with van der Waals surface area (Å²) in [4.78, 5) is 13.8. The van der Waals surface area contributed by atoms with Crippen LogP contribution in [0.5, 0.6) is 0 Å². The van der Waals surface area contributed by atoms with Crippen molar-refractivity contribution in [3.8, 4) is 6.07 Å². The average molecular weight is 422 g/mol. The molecule has 1 saturated heterocycles. The van der Waals surface area contributed by atoms with E-state index in [0.717, 1.165) is 61.6 Å². The number of aliphatic carboxylic acids is 1. The number of carboxylic acids is 1. The maximum Gasteiger partial charge on any atom is 0.303 e. The number of ether oxygens (including phenoxy) is 1. The molecule has 2 aromatic rings. The van der Waals surface area contributed by atoms with Crippen molar-refractivity contribution in [3.63, 3.8) is 0 Å². The van der Waals surface area contributed by atoms with E-state index in [1.165, 1.54) is 0 Å². The summed E-state index contributed by atoms with van der Waals surface area (Å²) >= 11 is 0. The number of carboxylic acid groups (broad SMARTS) is 1. The normalized spacial score (nSPS) is 15.1. The van der Waals surface area contributed by atoms with Gasteiger partial charge in [0, 0.05) is 31.5 Å². The Morgan fingerprint density at radius 1 is 1.23 bits per heavy atom. The Bertz CT molecular complexity index is 915. The summed E-state index contributed by atoms with van der Waals surface area (Å²) in [6.07, 6.45) is 2.86. The van der Waals surface area contributed by atoms with Gasteiger partial charge < -0.3 is 20.1 Å². The predicted molar refractivity (Wildman–Crippen MR) is 123 cm³/mol. The molecule has 1 heterocycles. The molecule has 2 N–H and O–H groups in total. The highest BCUT2D eigenvalue weighted by molar-refractivity contribution is 5.77. The SMILES string of the molecule is CC[C@@H](CC(=O)O)c1ccc(N(CC)C2CCOCC2)c(Nc2ccc(C#N)cc2)c1. The first-order chi connectivity index (χ1) is 15.0. The second-order valence-electron chi connectivity index (χ2n) is 7.92. The highest BCUT2D eigenvalue weighted by atomic mass is 16.5. The Morgan fingerprint density at radius 3 is 2.52 bits per heavy atom. The van der Waals surface area contributed by atoms with E-state index in [1.54, 1.807) is 12.1 Å². The fourth-order valence-corrected chi connectivity index (χ4v) is 4.27. The van der Waals surface area contributed by atoms with E-state index in [2.05, 4.69) is 41.4 Å². The van der Waals surface area contributed by atoms with Crippen LogP contribution in [0.15, 0.2) is 42.5 Å². The predicted octanol–water partition coefficient (Wildman–Crippen LogP) is 5.28. The topological polar surface area (TPSA) is 85.6 Å². The van der Waals surface area contributed by atoms with Crippen LogP contribution >= 0.6 is 0 Å². The second-order valence-corrected chi connectivity index (χ2v) is 7.92. The van der Waals surface area contributed by atoms with Gasteiger partial charge in [0.25, 0.3) is 0 Å². The number of nitrogens with zero attached hydrogens (tertiary/aromatic N) is 2. The molecule has 0 saturated carbocycles. The first-order valence-corrected chi connectivity index (χ1v) is 11.0. The van der Waals surface area contributed by atoms with E-state index < -0.39 is 5.97 Å². The molecule has 2 aromatic carbocycles. The summed E-state index contributed by atoms with van der Waals surface area (Å²) in [5.74, 6) is -0.818. The number of benzene rings is 2. The van der Waals surface area contributed by atoms with Gasteiger partial charge in [-0.3, -0.25) is 4.79 Å². The molecule has 0 radical (unpaired) electrons. The van der Waals surface area contributed by atoms with E-state index >= 15 is 0 Å². The Kier molecular flexibility index (Phi) is 7.91. The number of hydrogen-bond acceptors (Lipinski definition) is 5. The first kappa shape index (κ1) is 22.6. The summed E-state index contributed by atoms with van der Waals surface area (Å²) in [6, 6.07) is 16.2. The van der Waals surface area contributed by atoms with Gasteiger partial charge in [-0.25, -0.2) is 0 Å². The van der Waals surface area contributed by atoms with Crippen molar-refractivity contribution in [1.29, 1.82) is 5.26 Å². The fraction of sp³-hybridized carbons (Fsp3) is 0.440. The van der Waals surface area contributed by atoms with Crippen LogP contribution in [0, 0.1) is 11.3 Å². The number of nitriles is 1. The van der Waals surface area contributed by atoms with E-state index in [0.29, 0.717) is 11.6 Å². The Balaban J connectivity index is 1.99. The lowest BCUT2D eigenvalue weighted by Crippen LogP contribution is -2.39. The molecule has 3 rings (SSSR count). The highest BCUT2D eigenvalue weighted by Gasteiger charge is 2.24. The Morgan fingerprint density at radius 2 is 1.94 bits per heavy atom. The van der Waals surface area contributed by atoms with Crippen molar-refractivity contribution in [3.05, 3.63) is 53.6 Å². The zero-order valence-electron chi connectivity index (χ0n) is 18.3. The van der Waals surface area contributed by atoms with Crippen LogP contribution in [0.4, 0.5) is 17.1 Å². The minimum atomic E-state index is -0.782. The highest BCUT2D eigenvalue weighted by Crippen LogP contribution is 2.36. The third-order valence-electron chi connectivity index (χ3n) is 5.98. The van der Waals surface area contributed by atoms with E-state index in [9.17, 15) is 9.90 Å². The van der Waals surface area contributed by atoms with E-state index in [-0.39, 0.29) is 12.3 Å². The molecule has 1 fully saturated rings. The van der Waals surface area contributed by atoms with Gasteiger partial charge in [0.15, 0.2) is 0 Å². The second kappa shape index (κ2) is 10.8. The van der Waals surface area contributed by atoms with E-state index in [4.69, 9.17) is 10.00 Å². The van der Waals surface area contributed by atoms with Crippen molar-refractivity contribution in [2.75, 3.05) is 30.0 Å². The molecule has 0 bridgehead atoms. The molecule has 1 aliphatic heterocycles. The number of hydrogen-bond donors (Lipinski definition) is 2. The standard InChI is InChI=1S/C25H31N3O3/c1-3-19(16-25(29)30)20-7-10-24(28(4-2)22-11-13-31-14-12-22)23(15-20)27-21-8-5-18(17-26)6-9-21/h5-10,15,19,22,27H,3-4,11-14,16H2,1-2H3,(H,29,30)/t19-/m0/s1. The molecule has 6 heteroatoms. The lowest BCUT2D eigenvalue weighted by Gasteiger charge is -2.37. The summed E-state index contributed by atoms with van der Waals surface area (Å²) in [7, 11) is 0. The zero-order chi connectivity index (χ0) is 22.2. The number of anilines is 3. The van der Waals surface area contributed by atoms with Crippen LogP contribution in [-0.4, -0.2) is 36.9 Å². The third kappa shape index (κ3) is 5.77. The van der Waals surface area contributed by atoms with Crippen molar-refractivity contribution in [1.82, 2.24) is 0 Å². The van der Waals surface area contributed by atoms with E-state index in [1.807, 2.05) is 19.1 Å². The quantitative estimate of drug-likeness (QED) is 0.573. The molecule has 0 unspecified atom stereocenters. The maximum absolute atomic E-state index is 11.3. The fourth-order valence-electron chi connectivity index (χ4n) is 4.27. The molecule has 6 nitrogen and oxygen atoms in total. The molecular weight excluding hydrogens is 390 g/mol. The van der Waals surface area contributed by atoms with Crippen LogP contribution in [0.2, 0.25) is 0 Å². The van der Waals surface area contributed by atoms with Gasteiger partial charge in [-0.05, 0) is 74.1 Å². The first-order valence-electron chi connectivity index (χ1n) is 11.0. The third-order valence-corrected chi connectivity index (χ3v) is 5.98. The van der Waals surface area contributed by atoms with Crippen molar-refractivity contribution in [2.45, 2.75) is 51.5 Å². The van der Waals surface area contributed by atoms with Crippen molar-refractivity contribution < 1.29 is 14.6 Å². The largest absolute Gasteiger partial charge is 0.481 e. The molecule has 1 aliphatic rings. The maximum atomic E-state index is 11.3. The van der Waals surface area contributed by atoms with Crippen LogP contribution < -0.4 is 10.2 Å². The van der Waals surface area contributed by atoms with Gasteiger partial charge in [0.05, 0.1) is 29.4 Å². The van der Waals surface area contributed by atoms with Crippen molar-refractivity contribution in [2.24, 2.45) is 0 Å². The summed E-state index contributed by atoms with van der Waals surface area (Å²) in [6.45, 7) is 6.60. The summed E-state index contributed by atoms with van der Waals surface area (Å²) in [5, 5.41) is 21.9. The molecule has 0 aromatic heterocycles. The minimum absolute atomic E-state index is 0.0359. The molecule has 164 valence electrons. The number of nitrogens with one attached hydrogen (secondary N) is 1. The zero-order valence-corrected chi connectivity index (χ0v) is 18.3. The van der Waals surface area contributed by atoms with Crippen LogP contribution in [-0.2, 0) is 9.53 Å². The van der Waals surface area contributed by atoms with Crippen molar-refractivity contribution >= 4 is 23.0 Å². The number of carbonyl (C=O) groups is 1. The molecule has 1 atom stereocenters. The molecule has 0 aliphatic carbocycles. The Labute approximate surface area is 184 Å². The summed E-state index contributed by atoms with van der Waals surface area (Å²) in [5.41, 5.74) is 4.59. The molecular formula is C25H31N3O3. The van der Waals surface area contributed by atoms with Gasteiger partial charge in [-0.1, -0.05) is 13.0 Å². The van der Waals surface area contributed by atoms with Gasteiger partial charge in [0.2, 0.25) is 0 Å². The minimum Gasteiger partial charge on any atom is -0.481 e. The molecule has 0 amide bonds. The number of rotatable bonds is 9. The van der Waals surface area contributed by atoms with Crippen LogP contribution in [0.25, 0.3) is 0 Å². The smallest absolute Gasteiger partial charge is 0.303 e. The monoisotopic (exact) mass is 421 g/mol. The summed E-state index contributed by atoms with van der Waals surface area (Å²) < 4.78 is 5.56. The van der Waals surface area contributed by atoms with Gasteiger partial charge in [-0.15, -0.1) is 0 Å². The average Bonchev–Trinajstić information content (AvgIpc) is 2.80. The lowest BCUT2D eigenvalue weighted by molar-refractivity contribution is -0.137. The van der Waals surface area contributed by atoms with Gasteiger partial charge in [0.1, 0.15) is 0 Å². The van der Waals surface area contributed by atoms with Gasteiger partial charge in [-0.2, -0.15) is 5.26 Å². The molecule has 0 spiro atoms. The van der Waals surface area contributed by atoms with Gasteiger partial charge >= 0.3 is 5.97 Å². The van der Waals surface area contributed by atoms with Crippen LogP contribution in [0.1, 0.15) is 56.6 Å².